The molecule has 0 aromatic carbocycles. The average molecular weight is 264 g/mol. The maximum Gasteiger partial charge on any atom is -0.00462 e. The molecule has 0 bridgehead atoms. The van der Waals surface area contributed by atoms with Gasteiger partial charge in [-0.25, -0.2) is 0 Å². The Morgan fingerprint density at radius 1 is 0.421 bits per heavy atom. The van der Waals surface area contributed by atoms with E-state index in [0.717, 1.165) is 23.7 Å². The molecule has 3 rings (SSSR count). The Kier molecular flexibility index (Phi) is 5.17. The zero-order valence-corrected chi connectivity index (χ0v) is 12.5. The van der Waals surface area contributed by atoms with Crippen LogP contribution in [0.25, 0.3) is 0 Å². The first-order chi connectivity index (χ1) is 9.43. The lowest BCUT2D eigenvalue weighted by Crippen LogP contribution is -2.32. The summed E-state index contributed by atoms with van der Waals surface area (Å²) in [6, 6.07) is 0. The fraction of sp³-hybridized carbons (Fsp3) is 1.00. The van der Waals surface area contributed by atoms with Crippen LogP contribution in [0.5, 0.6) is 0 Å². The molecule has 2 heteroatoms. The van der Waals surface area contributed by atoms with E-state index < -0.39 is 0 Å². The number of hydrogen-bond donors (Lipinski definition) is 2. The molecule has 0 aromatic rings. The number of rotatable bonds is 2. The maximum absolute atomic E-state index is 3.52. The Labute approximate surface area is 119 Å². The highest BCUT2D eigenvalue weighted by molar-refractivity contribution is 4.83. The smallest absolute Gasteiger partial charge is 0.00462 e. The molecule has 2 N–H and O–H groups in total. The fourth-order valence-corrected chi connectivity index (χ4v) is 4.93. The molecule has 2 heterocycles. The summed E-state index contributed by atoms with van der Waals surface area (Å²) in [7, 11) is 0. The zero-order chi connectivity index (χ0) is 12.9. The summed E-state index contributed by atoms with van der Waals surface area (Å²) in [5, 5.41) is 7.05. The lowest BCUT2D eigenvalue weighted by atomic mass is 9.78. The van der Waals surface area contributed by atoms with Crippen molar-refractivity contribution in [3.05, 3.63) is 0 Å². The molecule has 0 radical (unpaired) electrons. The first-order valence-corrected chi connectivity index (χ1v) is 8.85. The topological polar surface area (TPSA) is 24.1 Å². The molecule has 2 atom stereocenters. The highest BCUT2D eigenvalue weighted by Gasteiger charge is 2.30. The van der Waals surface area contributed by atoms with Gasteiger partial charge in [-0.3, -0.25) is 0 Å². The Hall–Kier alpha value is -0.0800. The highest BCUT2D eigenvalue weighted by atomic mass is 14.9. The van der Waals surface area contributed by atoms with Crippen LogP contribution in [0.3, 0.4) is 0 Å². The first-order valence-electron chi connectivity index (χ1n) is 8.85. The van der Waals surface area contributed by atoms with Gasteiger partial charge in [0, 0.05) is 0 Å². The molecular formula is C17H32N2. The maximum atomic E-state index is 3.52. The van der Waals surface area contributed by atoms with Crippen molar-refractivity contribution in [2.45, 2.75) is 57.8 Å². The Morgan fingerprint density at radius 3 is 1.21 bits per heavy atom. The lowest BCUT2D eigenvalue weighted by Gasteiger charge is -2.31. The molecule has 0 amide bonds. The van der Waals surface area contributed by atoms with Gasteiger partial charge in [0.1, 0.15) is 0 Å². The van der Waals surface area contributed by atoms with Crippen LogP contribution in [0.15, 0.2) is 0 Å². The average Bonchev–Trinajstić information content (AvgIpc) is 2.75. The standard InChI is InChI=1S/C17H32N2/c1-2-14(16-6-10-18-11-7-16)4-5-15(3-1)17-8-12-19-13-9-17/h14-19H,1-13H2. The van der Waals surface area contributed by atoms with Crippen LogP contribution >= 0.6 is 0 Å². The Balaban J connectivity index is 1.50. The van der Waals surface area contributed by atoms with Gasteiger partial charge in [0.25, 0.3) is 0 Å². The Morgan fingerprint density at radius 2 is 0.789 bits per heavy atom. The van der Waals surface area contributed by atoms with Gasteiger partial charge < -0.3 is 10.6 Å². The van der Waals surface area contributed by atoms with E-state index in [-0.39, 0.29) is 0 Å². The van der Waals surface area contributed by atoms with E-state index in [1.165, 1.54) is 71.1 Å². The summed E-state index contributed by atoms with van der Waals surface area (Å²) in [4.78, 5) is 0. The minimum atomic E-state index is 1.05. The summed E-state index contributed by atoms with van der Waals surface area (Å²) < 4.78 is 0. The second kappa shape index (κ2) is 7.08. The van der Waals surface area contributed by atoms with Gasteiger partial charge in [-0.2, -0.15) is 0 Å². The molecule has 0 aromatic heterocycles. The van der Waals surface area contributed by atoms with Crippen molar-refractivity contribution < 1.29 is 0 Å². The summed E-state index contributed by atoms with van der Waals surface area (Å²) in [6.45, 7) is 5.11. The quantitative estimate of drug-likeness (QED) is 0.749. The van der Waals surface area contributed by atoms with Gasteiger partial charge in [0.05, 0.1) is 0 Å². The molecule has 3 fully saturated rings. The number of piperidine rings is 2. The van der Waals surface area contributed by atoms with Gasteiger partial charge in [0.15, 0.2) is 0 Å². The van der Waals surface area contributed by atoms with E-state index in [1.54, 1.807) is 12.8 Å². The number of nitrogens with one attached hydrogen (secondary N) is 2. The fourth-order valence-electron chi connectivity index (χ4n) is 4.93. The van der Waals surface area contributed by atoms with Crippen LogP contribution in [0.2, 0.25) is 0 Å². The van der Waals surface area contributed by atoms with Crippen LogP contribution in [-0.2, 0) is 0 Å². The van der Waals surface area contributed by atoms with Crippen molar-refractivity contribution in [3.8, 4) is 0 Å². The van der Waals surface area contributed by atoms with Crippen LogP contribution < -0.4 is 10.6 Å². The van der Waals surface area contributed by atoms with Gasteiger partial charge in [0.2, 0.25) is 0 Å². The molecule has 19 heavy (non-hydrogen) atoms. The SMILES string of the molecule is C1CC(C2CCNCC2)CCC(C2CCNCC2)C1. The molecule has 2 saturated heterocycles. The van der Waals surface area contributed by atoms with E-state index in [2.05, 4.69) is 10.6 Å². The monoisotopic (exact) mass is 264 g/mol. The van der Waals surface area contributed by atoms with Crippen LogP contribution in [0, 0.1) is 23.7 Å². The Bertz CT molecular complexity index is 228. The minimum absolute atomic E-state index is 1.05. The third-order valence-electron chi connectivity index (χ3n) is 6.16. The van der Waals surface area contributed by atoms with E-state index in [1.807, 2.05) is 0 Å². The van der Waals surface area contributed by atoms with Gasteiger partial charge in [-0.15, -0.1) is 0 Å². The molecule has 1 saturated carbocycles. The van der Waals surface area contributed by atoms with Crippen LogP contribution in [0.1, 0.15) is 57.8 Å². The van der Waals surface area contributed by atoms with Crippen molar-refractivity contribution in [3.63, 3.8) is 0 Å². The minimum Gasteiger partial charge on any atom is -0.317 e. The van der Waals surface area contributed by atoms with E-state index in [4.69, 9.17) is 0 Å². The van der Waals surface area contributed by atoms with E-state index in [9.17, 15) is 0 Å². The van der Waals surface area contributed by atoms with Crippen molar-refractivity contribution in [1.29, 1.82) is 0 Å². The van der Waals surface area contributed by atoms with Crippen molar-refractivity contribution in [2.24, 2.45) is 23.7 Å². The van der Waals surface area contributed by atoms with E-state index >= 15 is 0 Å². The molecule has 3 aliphatic rings. The van der Waals surface area contributed by atoms with Crippen LogP contribution in [0.4, 0.5) is 0 Å². The third-order valence-corrected chi connectivity index (χ3v) is 6.16. The predicted molar refractivity (Wildman–Crippen MR) is 81.3 cm³/mol. The second-order valence-corrected chi connectivity index (χ2v) is 7.20. The zero-order valence-electron chi connectivity index (χ0n) is 12.5. The normalized spacial score (nSPS) is 36.0. The van der Waals surface area contributed by atoms with Crippen LogP contribution in [-0.4, -0.2) is 26.2 Å². The third kappa shape index (κ3) is 3.72. The number of hydrogen-bond acceptors (Lipinski definition) is 2. The van der Waals surface area contributed by atoms with Gasteiger partial charge in [-0.05, 0) is 88.4 Å². The largest absolute Gasteiger partial charge is 0.317 e. The first kappa shape index (κ1) is 13.9. The summed E-state index contributed by atoms with van der Waals surface area (Å²) in [5.41, 5.74) is 0. The molecular weight excluding hydrogens is 232 g/mol. The second-order valence-electron chi connectivity index (χ2n) is 7.20. The van der Waals surface area contributed by atoms with Crippen molar-refractivity contribution in [1.82, 2.24) is 10.6 Å². The molecule has 2 unspecified atom stereocenters. The van der Waals surface area contributed by atoms with E-state index in [0.29, 0.717) is 0 Å². The van der Waals surface area contributed by atoms with Gasteiger partial charge >= 0.3 is 0 Å². The predicted octanol–water partition coefficient (Wildman–Crippen LogP) is 3.18. The lowest BCUT2D eigenvalue weighted by molar-refractivity contribution is 0.215. The molecule has 2 nitrogen and oxygen atoms in total. The molecule has 0 spiro atoms. The summed E-state index contributed by atoms with van der Waals surface area (Å²) in [5.74, 6) is 4.23. The van der Waals surface area contributed by atoms with Crippen molar-refractivity contribution in [2.75, 3.05) is 26.2 Å². The molecule has 1 aliphatic carbocycles. The van der Waals surface area contributed by atoms with Crippen molar-refractivity contribution >= 4 is 0 Å². The summed E-state index contributed by atoms with van der Waals surface area (Å²) in [6.07, 6.45) is 13.5. The molecule has 110 valence electrons. The molecule has 2 aliphatic heterocycles. The van der Waals surface area contributed by atoms with Gasteiger partial charge in [-0.1, -0.05) is 19.3 Å². The highest BCUT2D eigenvalue weighted by Crippen LogP contribution is 2.39. The summed E-state index contributed by atoms with van der Waals surface area (Å²) >= 11 is 0.